The third-order valence-electron chi connectivity index (χ3n) is 1.64. The van der Waals surface area contributed by atoms with Crippen LogP contribution in [0.3, 0.4) is 0 Å². The minimum atomic E-state index is -0.938. The van der Waals surface area contributed by atoms with Gasteiger partial charge in [-0.05, 0) is 0 Å². The molecule has 0 saturated carbocycles. The molecule has 1 heterocycles. The monoisotopic (exact) mass is 189 g/mol. The predicted molar refractivity (Wildman–Crippen MR) is 41.2 cm³/mol. The van der Waals surface area contributed by atoms with Gasteiger partial charge in [-0.3, -0.25) is 0 Å². The highest BCUT2D eigenvalue weighted by Crippen LogP contribution is 2.06. The van der Waals surface area contributed by atoms with Crippen LogP contribution in [0.1, 0.15) is 6.42 Å². The standard InChI is InChI=1S/C6H11N3O4/c7-6(12)9-13-5(11)4-1-3(10)2-8-4/h3-4,8,10H,1-2H2,(H3,7,9,12)/t3-,4+/m0/s1. The summed E-state index contributed by atoms with van der Waals surface area (Å²) in [6.07, 6.45) is -0.273. The molecule has 2 amide bonds. The van der Waals surface area contributed by atoms with E-state index in [2.05, 4.69) is 15.9 Å². The maximum absolute atomic E-state index is 11.0. The summed E-state index contributed by atoms with van der Waals surface area (Å²) in [4.78, 5) is 25.5. The van der Waals surface area contributed by atoms with Crippen molar-refractivity contribution in [2.75, 3.05) is 6.54 Å². The molecule has 1 aliphatic heterocycles. The lowest BCUT2D eigenvalue weighted by molar-refractivity contribution is -0.150. The number of amides is 2. The smallest absolute Gasteiger partial charge is 0.349 e. The summed E-state index contributed by atoms with van der Waals surface area (Å²) in [5.74, 6) is -0.657. The van der Waals surface area contributed by atoms with Crippen LogP contribution in [-0.4, -0.2) is 35.8 Å². The zero-order chi connectivity index (χ0) is 9.84. The lowest BCUT2D eigenvalue weighted by atomic mass is 10.2. The largest absolute Gasteiger partial charge is 0.392 e. The summed E-state index contributed by atoms with van der Waals surface area (Å²) >= 11 is 0. The van der Waals surface area contributed by atoms with Crippen molar-refractivity contribution < 1.29 is 19.5 Å². The Hall–Kier alpha value is -1.34. The first kappa shape index (κ1) is 9.75. The maximum Gasteiger partial charge on any atom is 0.349 e. The van der Waals surface area contributed by atoms with Gasteiger partial charge < -0.3 is 21.0 Å². The lowest BCUT2D eigenvalue weighted by Gasteiger charge is -2.08. The third-order valence-corrected chi connectivity index (χ3v) is 1.64. The van der Waals surface area contributed by atoms with E-state index in [1.165, 1.54) is 0 Å². The number of primary amides is 1. The topological polar surface area (TPSA) is 114 Å². The number of carbonyl (C=O) groups excluding carboxylic acids is 2. The highest BCUT2D eigenvalue weighted by Gasteiger charge is 2.29. The molecule has 0 spiro atoms. The predicted octanol–water partition coefficient (Wildman–Crippen LogP) is -2.16. The number of hydrogen-bond acceptors (Lipinski definition) is 5. The van der Waals surface area contributed by atoms with E-state index in [4.69, 9.17) is 5.11 Å². The number of nitrogens with two attached hydrogens (primary N) is 1. The van der Waals surface area contributed by atoms with Gasteiger partial charge in [-0.25, -0.2) is 9.59 Å². The van der Waals surface area contributed by atoms with Gasteiger partial charge in [0.15, 0.2) is 0 Å². The number of hydroxylamine groups is 1. The number of aliphatic hydroxyl groups excluding tert-OH is 1. The molecule has 0 unspecified atom stereocenters. The average Bonchev–Trinajstić information content (AvgIpc) is 2.47. The Balaban J connectivity index is 2.27. The number of nitrogens with one attached hydrogen (secondary N) is 2. The molecule has 0 aromatic heterocycles. The van der Waals surface area contributed by atoms with Crippen molar-refractivity contribution in [3.05, 3.63) is 0 Å². The first-order valence-corrected chi connectivity index (χ1v) is 3.77. The minimum Gasteiger partial charge on any atom is -0.392 e. The SMILES string of the molecule is NC(=O)NOC(=O)[C@H]1C[C@H](O)CN1. The number of β-amino-alcohol motifs (C(OH)–C–C–N with tert-alkyl or cyclic N) is 1. The second-order valence-electron chi connectivity index (χ2n) is 2.74. The van der Waals surface area contributed by atoms with Crippen LogP contribution >= 0.6 is 0 Å². The summed E-state index contributed by atoms with van der Waals surface area (Å²) in [6.45, 7) is 0.344. The summed E-state index contributed by atoms with van der Waals surface area (Å²) in [5.41, 5.74) is 6.37. The highest BCUT2D eigenvalue weighted by molar-refractivity contribution is 5.78. The molecule has 7 heteroatoms. The van der Waals surface area contributed by atoms with Crippen molar-refractivity contribution >= 4 is 12.0 Å². The fourth-order valence-electron chi connectivity index (χ4n) is 1.07. The Morgan fingerprint density at radius 3 is 2.77 bits per heavy atom. The van der Waals surface area contributed by atoms with Crippen molar-refractivity contribution in [2.45, 2.75) is 18.6 Å². The number of urea groups is 1. The molecule has 0 radical (unpaired) electrons. The van der Waals surface area contributed by atoms with Crippen LogP contribution in [0.5, 0.6) is 0 Å². The van der Waals surface area contributed by atoms with E-state index in [1.807, 2.05) is 0 Å². The van der Waals surface area contributed by atoms with Gasteiger partial charge in [0.25, 0.3) is 0 Å². The maximum atomic E-state index is 11.0. The van der Waals surface area contributed by atoms with E-state index in [9.17, 15) is 9.59 Å². The second kappa shape index (κ2) is 4.06. The normalized spacial score (nSPS) is 26.8. The Labute approximate surface area is 74.2 Å². The van der Waals surface area contributed by atoms with Crippen LogP contribution < -0.4 is 16.5 Å². The Kier molecular flexibility index (Phi) is 3.04. The van der Waals surface area contributed by atoms with Gasteiger partial charge in [0, 0.05) is 13.0 Å². The van der Waals surface area contributed by atoms with Crippen molar-refractivity contribution in [1.29, 1.82) is 0 Å². The molecule has 0 bridgehead atoms. The summed E-state index contributed by atoms with van der Waals surface area (Å²) in [6, 6.07) is -1.52. The zero-order valence-electron chi connectivity index (χ0n) is 6.82. The fourth-order valence-corrected chi connectivity index (χ4v) is 1.07. The Morgan fingerprint density at radius 2 is 2.31 bits per heavy atom. The average molecular weight is 189 g/mol. The molecule has 1 rings (SSSR count). The van der Waals surface area contributed by atoms with Crippen LogP contribution in [0.2, 0.25) is 0 Å². The van der Waals surface area contributed by atoms with Gasteiger partial charge in [-0.2, -0.15) is 5.48 Å². The zero-order valence-corrected chi connectivity index (χ0v) is 6.82. The minimum absolute atomic E-state index is 0.277. The lowest BCUT2D eigenvalue weighted by Crippen LogP contribution is -2.39. The second-order valence-corrected chi connectivity index (χ2v) is 2.74. The Morgan fingerprint density at radius 1 is 1.62 bits per heavy atom. The number of rotatable bonds is 1. The van der Waals surface area contributed by atoms with Gasteiger partial charge >= 0.3 is 12.0 Å². The molecule has 1 fully saturated rings. The van der Waals surface area contributed by atoms with Crippen molar-refractivity contribution in [1.82, 2.24) is 10.8 Å². The third kappa shape index (κ3) is 2.88. The molecule has 0 aromatic rings. The number of carbonyl (C=O) groups is 2. The van der Waals surface area contributed by atoms with Crippen LogP contribution in [0, 0.1) is 0 Å². The molecule has 13 heavy (non-hydrogen) atoms. The van der Waals surface area contributed by atoms with Gasteiger partial charge in [-0.1, -0.05) is 0 Å². The van der Waals surface area contributed by atoms with Crippen molar-refractivity contribution in [3.63, 3.8) is 0 Å². The van der Waals surface area contributed by atoms with Crippen LogP contribution in [0.15, 0.2) is 0 Å². The molecule has 2 atom stereocenters. The van der Waals surface area contributed by atoms with Gasteiger partial charge in [0.1, 0.15) is 6.04 Å². The quantitative estimate of drug-likeness (QED) is 0.351. The van der Waals surface area contributed by atoms with Crippen LogP contribution in [0.25, 0.3) is 0 Å². The molecule has 5 N–H and O–H groups in total. The fraction of sp³-hybridized carbons (Fsp3) is 0.667. The molecule has 0 aromatic carbocycles. The Bertz CT molecular complexity index is 220. The summed E-state index contributed by atoms with van der Waals surface area (Å²) in [7, 11) is 0. The first-order valence-electron chi connectivity index (χ1n) is 3.77. The molecule has 74 valence electrons. The van der Waals surface area contributed by atoms with Crippen LogP contribution in [-0.2, 0) is 9.63 Å². The van der Waals surface area contributed by atoms with Crippen molar-refractivity contribution in [2.24, 2.45) is 5.73 Å². The van der Waals surface area contributed by atoms with Gasteiger partial charge in [0.05, 0.1) is 6.10 Å². The van der Waals surface area contributed by atoms with E-state index in [-0.39, 0.29) is 6.42 Å². The van der Waals surface area contributed by atoms with E-state index >= 15 is 0 Å². The van der Waals surface area contributed by atoms with Gasteiger partial charge in [-0.15, -0.1) is 0 Å². The van der Waals surface area contributed by atoms with E-state index in [1.54, 1.807) is 5.48 Å². The summed E-state index contributed by atoms with van der Waals surface area (Å²) in [5, 5.41) is 11.8. The highest BCUT2D eigenvalue weighted by atomic mass is 16.7. The molecular weight excluding hydrogens is 178 g/mol. The van der Waals surface area contributed by atoms with E-state index in [0.717, 1.165) is 0 Å². The van der Waals surface area contributed by atoms with E-state index in [0.29, 0.717) is 6.54 Å². The van der Waals surface area contributed by atoms with Crippen LogP contribution in [0.4, 0.5) is 4.79 Å². The molecule has 7 nitrogen and oxygen atoms in total. The molecule has 0 aliphatic carbocycles. The molecule has 1 aliphatic rings. The summed E-state index contributed by atoms with van der Waals surface area (Å²) < 4.78 is 0. The number of aliphatic hydroxyl groups is 1. The van der Waals surface area contributed by atoms with E-state index < -0.39 is 24.1 Å². The van der Waals surface area contributed by atoms with Crippen molar-refractivity contribution in [3.8, 4) is 0 Å². The molecular formula is C6H11N3O4. The molecule has 1 saturated heterocycles. The van der Waals surface area contributed by atoms with Gasteiger partial charge in [0.2, 0.25) is 0 Å². The number of hydrogen-bond donors (Lipinski definition) is 4. The first-order chi connectivity index (χ1) is 6.09.